The van der Waals surface area contributed by atoms with Crippen molar-refractivity contribution in [3.8, 4) is 0 Å². The van der Waals surface area contributed by atoms with Crippen LogP contribution in [0.15, 0.2) is 12.5 Å². The predicted octanol–water partition coefficient (Wildman–Crippen LogP) is 0.674. The van der Waals surface area contributed by atoms with E-state index in [0.717, 1.165) is 18.5 Å². The number of hydrogen-bond donors (Lipinski definition) is 1. The first-order valence-corrected chi connectivity index (χ1v) is 7.21. The summed E-state index contributed by atoms with van der Waals surface area (Å²) in [5.41, 5.74) is 0.520. The standard InChI is InChI=1S/C14H19N5O2/c1-3-11-10(7-15-13-16-9-17-19(11)13)12(20)18-6-4-5-14(2,21)8-18/h7,9,21H,3-6,8H2,1-2H3. The molecule has 3 rings (SSSR count). The molecule has 7 nitrogen and oxygen atoms in total. The molecular formula is C14H19N5O2. The molecule has 0 radical (unpaired) electrons. The summed E-state index contributed by atoms with van der Waals surface area (Å²) in [7, 11) is 0. The lowest BCUT2D eigenvalue weighted by Gasteiger charge is -2.37. The summed E-state index contributed by atoms with van der Waals surface area (Å²) in [6, 6.07) is 0. The number of carbonyl (C=O) groups excluding carboxylic acids is 1. The first-order chi connectivity index (χ1) is 10.0. The number of hydrogen-bond acceptors (Lipinski definition) is 5. The van der Waals surface area contributed by atoms with Crippen LogP contribution in [0.4, 0.5) is 0 Å². The van der Waals surface area contributed by atoms with Gasteiger partial charge in [0.05, 0.1) is 16.9 Å². The Labute approximate surface area is 122 Å². The van der Waals surface area contributed by atoms with Crippen LogP contribution in [0.25, 0.3) is 5.78 Å². The summed E-state index contributed by atoms with van der Waals surface area (Å²) in [6.45, 7) is 4.75. The molecule has 0 aliphatic carbocycles. The van der Waals surface area contributed by atoms with Crippen LogP contribution in [-0.2, 0) is 6.42 Å². The minimum absolute atomic E-state index is 0.100. The first kappa shape index (κ1) is 13.9. The fraction of sp³-hybridized carbons (Fsp3) is 0.571. The van der Waals surface area contributed by atoms with Crippen molar-refractivity contribution >= 4 is 11.7 Å². The van der Waals surface area contributed by atoms with Gasteiger partial charge in [-0.2, -0.15) is 10.1 Å². The Morgan fingerprint density at radius 1 is 1.48 bits per heavy atom. The molecule has 7 heteroatoms. The highest BCUT2D eigenvalue weighted by Crippen LogP contribution is 2.22. The average molecular weight is 289 g/mol. The summed E-state index contributed by atoms with van der Waals surface area (Å²) >= 11 is 0. The predicted molar refractivity (Wildman–Crippen MR) is 75.9 cm³/mol. The molecule has 1 saturated heterocycles. The fourth-order valence-corrected chi connectivity index (χ4v) is 2.91. The summed E-state index contributed by atoms with van der Waals surface area (Å²) in [4.78, 5) is 22.7. The van der Waals surface area contributed by atoms with Crippen LogP contribution >= 0.6 is 0 Å². The minimum Gasteiger partial charge on any atom is -0.388 e. The molecule has 2 aromatic heterocycles. The first-order valence-electron chi connectivity index (χ1n) is 7.21. The third-order valence-electron chi connectivity index (χ3n) is 3.93. The van der Waals surface area contributed by atoms with Gasteiger partial charge in [-0.15, -0.1) is 0 Å². The number of nitrogens with zero attached hydrogens (tertiary/aromatic N) is 5. The molecule has 0 saturated carbocycles. The summed E-state index contributed by atoms with van der Waals surface area (Å²) in [5, 5.41) is 14.3. The Morgan fingerprint density at radius 3 is 3.00 bits per heavy atom. The van der Waals surface area contributed by atoms with E-state index >= 15 is 0 Å². The Balaban J connectivity index is 1.97. The van der Waals surface area contributed by atoms with Crippen molar-refractivity contribution in [3.05, 3.63) is 23.8 Å². The Hall–Kier alpha value is -2.02. The second-order valence-corrected chi connectivity index (χ2v) is 5.77. The Morgan fingerprint density at radius 2 is 2.29 bits per heavy atom. The number of β-amino-alcohol motifs (C(OH)–C–C–N with tert-alkyl or cyclic N) is 1. The topological polar surface area (TPSA) is 83.6 Å². The Bertz CT molecular complexity index is 679. The molecule has 112 valence electrons. The highest BCUT2D eigenvalue weighted by Gasteiger charge is 2.32. The maximum atomic E-state index is 12.7. The normalized spacial score (nSPS) is 22.7. The largest absolute Gasteiger partial charge is 0.388 e. The molecule has 1 fully saturated rings. The van der Waals surface area contributed by atoms with Crippen molar-refractivity contribution < 1.29 is 9.90 Å². The number of piperidine rings is 1. The highest BCUT2D eigenvalue weighted by molar-refractivity contribution is 5.95. The van der Waals surface area contributed by atoms with Crippen molar-refractivity contribution in [2.45, 2.75) is 38.7 Å². The molecule has 1 amide bonds. The summed E-state index contributed by atoms with van der Waals surface area (Å²) in [6.07, 6.45) is 5.18. The monoisotopic (exact) mass is 289 g/mol. The van der Waals surface area contributed by atoms with Gasteiger partial charge in [-0.3, -0.25) is 4.79 Å². The number of likely N-dealkylation sites (tertiary alicyclic amines) is 1. The molecule has 1 unspecified atom stereocenters. The number of fused-ring (bicyclic) bond motifs is 1. The van der Waals surface area contributed by atoms with E-state index in [9.17, 15) is 9.90 Å². The van der Waals surface area contributed by atoms with Crippen molar-refractivity contribution in [2.75, 3.05) is 13.1 Å². The summed E-state index contributed by atoms with van der Waals surface area (Å²) < 4.78 is 1.61. The maximum absolute atomic E-state index is 12.7. The van der Waals surface area contributed by atoms with E-state index in [1.165, 1.54) is 6.33 Å². The van der Waals surface area contributed by atoms with Crippen molar-refractivity contribution in [3.63, 3.8) is 0 Å². The van der Waals surface area contributed by atoms with Crippen LogP contribution in [0.3, 0.4) is 0 Å². The van der Waals surface area contributed by atoms with Gasteiger partial charge in [0, 0.05) is 19.3 Å². The third-order valence-corrected chi connectivity index (χ3v) is 3.93. The molecule has 3 heterocycles. The number of aromatic nitrogens is 4. The molecule has 2 aromatic rings. The van der Waals surface area contributed by atoms with E-state index in [2.05, 4.69) is 15.1 Å². The molecule has 1 aliphatic heterocycles. The lowest BCUT2D eigenvalue weighted by Crippen LogP contribution is -2.48. The van der Waals surface area contributed by atoms with Gasteiger partial charge in [-0.05, 0) is 26.2 Å². The van der Waals surface area contributed by atoms with E-state index in [1.807, 2.05) is 6.92 Å². The fourth-order valence-electron chi connectivity index (χ4n) is 2.91. The Kier molecular flexibility index (Phi) is 3.36. The minimum atomic E-state index is -0.814. The zero-order valence-electron chi connectivity index (χ0n) is 12.3. The number of amides is 1. The molecule has 0 bridgehead atoms. The average Bonchev–Trinajstić information content (AvgIpc) is 2.92. The van der Waals surface area contributed by atoms with Gasteiger partial charge in [0.15, 0.2) is 0 Å². The molecule has 1 N–H and O–H groups in total. The molecule has 1 atom stereocenters. The smallest absolute Gasteiger partial charge is 0.257 e. The number of carbonyl (C=O) groups is 1. The second-order valence-electron chi connectivity index (χ2n) is 5.77. The van der Waals surface area contributed by atoms with Crippen LogP contribution in [0.1, 0.15) is 42.7 Å². The van der Waals surface area contributed by atoms with Crippen LogP contribution < -0.4 is 0 Å². The van der Waals surface area contributed by atoms with Crippen LogP contribution in [0.5, 0.6) is 0 Å². The number of aryl methyl sites for hydroxylation is 1. The van der Waals surface area contributed by atoms with Crippen LogP contribution in [0.2, 0.25) is 0 Å². The lowest BCUT2D eigenvalue weighted by molar-refractivity contribution is -0.0108. The van der Waals surface area contributed by atoms with E-state index in [-0.39, 0.29) is 5.91 Å². The number of rotatable bonds is 2. The molecule has 1 aliphatic rings. The van der Waals surface area contributed by atoms with E-state index < -0.39 is 5.60 Å². The van der Waals surface area contributed by atoms with E-state index in [1.54, 1.807) is 22.5 Å². The van der Waals surface area contributed by atoms with Gasteiger partial charge >= 0.3 is 0 Å². The molecule has 0 aromatic carbocycles. The van der Waals surface area contributed by atoms with Gasteiger partial charge in [0.1, 0.15) is 6.33 Å². The van der Waals surface area contributed by atoms with Crippen LogP contribution in [-0.4, -0.2) is 54.2 Å². The van der Waals surface area contributed by atoms with Crippen LogP contribution in [0, 0.1) is 0 Å². The summed E-state index contributed by atoms with van der Waals surface area (Å²) in [5.74, 6) is 0.394. The SMILES string of the molecule is CCc1c(C(=O)N2CCCC(C)(O)C2)cnc2ncnn12. The molecule has 21 heavy (non-hydrogen) atoms. The van der Waals surface area contributed by atoms with E-state index in [0.29, 0.717) is 30.9 Å². The maximum Gasteiger partial charge on any atom is 0.257 e. The zero-order chi connectivity index (χ0) is 15.0. The van der Waals surface area contributed by atoms with Crippen molar-refractivity contribution in [1.29, 1.82) is 0 Å². The third kappa shape index (κ3) is 2.49. The quantitative estimate of drug-likeness (QED) is 0.878. The molecule has 0 spiro atoms. The molecular weight excluding hydrogens is 270 g/mol. The van der Waals surface area contributed by atoms with Crippen molar-refractivity contribution in [1.82, 2.24) is 24.5 Å². The number of aliphatic hydroxyl groups is 1. The van der Waals surface area contributed by atoms with Gasteiger partial charge < -0.3 is 10.0 Å². The lowest BCUT2D eigenvalue weighted by atomic mass is 9.94. The second kappa shape index (κ2) is 5.07. The highest BCUT2D eigenvalue weighted by atomic mass is 16.3. The van der Waals surface area contributed by atoms with Gasteiger partial charge in [0.25, 0.3) is 11.7 Å². The van der Waals surface area contributed by atoms with Gasteiger partial charge in [0.2, 0.25) is 0 Å². The van der Waals surface area contributed by atoms with Crippen molar-refractivity contribution in [2.24, 2.45) is 0 Å². The van der Waals surface area contributed by atoms with E-state index in [4.69, 9.17) is 0 Å². The van der Waals surface area contributed by atoms with Gasteiger partial charge in [-0.25, -0.2) is 9.50 Å². The van der Waals surface area contributed by atoms with Gasteiger partial charge in [-0.1, -0.05) is 6.92 Å². The zero-order valence-corrected chi connectivity index (χ0v) is 12.3.